The molecule has 0 radical (unpaired) electrons. The molecule has 0 aliphatic carbocycles. The van der Waals surface area contributed by atoms with Gasteiger partial charge in [-0.2, -0.15) is 5.10 Å². The molecule has 2 N–H and O–H groups in total. The minimum Gasteiger partial charge on any atom is -0.345 e. The Kier molecular flexibility index (Phi) is 2.88. The zero-order valence-electron chi connectivity index (χ0n) is 8.87. The van der Waals surface area contributed by atoms with E-state index in [1.807, 2.05) is 24.3 Å². The molecule has 1 aromatic carbocycles. The number of fused-ring (bicyclic) bond motifs is 1. The number of hydrogen-bond donors (Lipinski definition) is 2. The molecule has 0 saturated carbocycles. The first-order chi connectivity index (χ1) is 7.77. The van der Waals surface area contributed by atoms with E-state index in [0.29, 0.717) is 6.54 Å². The quantitative estimate of drug-likeness (QED) is 0.696. The molecule has 0 saturated heterocycles. The fraction of sp³-hybridized carbons (Fsp3) is 0.167. The molecule has 0 fully saturated rings. The molecule has 1 amide bonds. The Balaban J connectivity index is 2.18. The van der Waals surface area contributed by atoms with Gasteiger partial charge in [-0.3, -0.25) is 9.89 Å². The number of para-hydroxylation sites is 1. The third-order valence-electron chi connectivity index (χ3n) is 2.10. The third kappa shape index (κ3) is 2.20. The van der Waals surface area contributed by atoms with E-state index in [1.165, 1.54) is 6.92 Å². The van der Waals surface area contributed by atoms with Crippen LogP contribution in [0, 0.1) is 11.8 Å². The summed E-state index contributed by atoms with van der Waals surface area (Å²) in [6, 6.07) is 7.75. The molecule has 1 aromatic heterocycles. The number of amides is 1. The monoisotopic (exact) mass is 213 g/mol. The summed E-state index contributed by atoms with van der Waals surface area (Å²) < 4.78 is 0. The highest BCUT2D eigenvalue weighted by Crippen LogP contribution is 2.13. The van der Waals surface area contributed by atoms with Gasteiger partial charge in [-0.05, 0) is 18.1 Å². The normalized spacial score (nSPS) is 9.56. The number of H-pyrrole nitrogens is 1. The Morgan fingerprint density at radius 2 is 2.31 bits per heavy atom. The van der Waals surface area contributed by atoms with Crippen LogP contribution in [-0.4, -0.2) is 22.6 Å². The summed E-state index contributed by atoms with van der Waals surface area (Å²) >= 11 is 0. The first-order valence-electron chi connectivity index (χ1n) is 4.94. The van der Waals surface area contributed by atoms with Gasteiger partial charge in [0.25, 0.3) is 0 Å². The van der Waals surface area contributed by atoms with Crippen LogP contribution < -0.4 is 5.32 Å². The van der Waals surface area contributed by atoms with Crippen molar-refractivity contribution in [3.8, 4) is 11.8 Å². The number of benzene rings is 1. The number of aromatic nitrogens is 2. The number of carbonyl (C=O) groups excluding carboxylic acids is 1. The van der Waals surface area contributed by atoms with Crippen LogP contribution in [0.4, 0.5) is 0 Å². The highest BCUT2D eigenvalue weighted by atomic mass is 16.1. The van der Waals surface area contributed by atoms with Crippen molar-refractivity contribution >= 4 is 16.8 Å². The van der Waals surface area contributed by atoms with Crippen molar-refractivity contribution < 1.29 is 4.79 Å². The van der Waals surface area contributed by atoms with Crippen molar-refractivity contribution in [3.63, 3.8) is 0 Å². The average Bonchev–Trinajstić information content (AvgIpc) is 2.68. The molecule has 0 spiro atoms. The number of nitrogens with zero attached hydrogens (tertiary/aromatic N) is 1. The number of rotatable bonds is 1. The predicted molar refractivity (Wildman–Crippen MR) is 61.7 cm³/mol. The topological polar surface area (TPSA) is 57.8 Å². The van der Waals surface area contributed by atoms with E-state index in [0.717, 1.165) is 16.6 Å². The second-order valence-corrected chi connectivity index (χ2v) is 3.33. The molecular weight excluding hydrogens is 202 g/mol. The zero-order chi connectivity index (χ0) is 11.4. The van der Waals surface area contributed by atoms with Crippen LogP contribution in [-0.2, 0) is 4.79 Å². The number of aromatic amines is 1. The van der Waals surface area contributed by atoms with Crippen molar-refractivity contribution in [2.75, 3.05) is 6.54 Å². The molecule has 0 bridgehead atoms. The van der Waals surface area contributed by atoms with E-state index in [4.69, 9.17) is 0 Å². The summed E-state index contributed by atoms with van der Waals surface area (Å²) in [5.41, 5.74) is 1.67. The largest absolute Gasteiger partial charge is 0.345 e. The maximum absolute atomic E-state index is 10.6. The van der Waals surface area contributed by atoms with Crippen molar-refractivity contribution in [2.24, 2.45) is 0 Å². The standard InChI is InChI=1S/C12H11N3O/c1-9(16)13-8-4-7-12-10-5-2-3-6-11(10)14-15-12/h2-3,5-6H,8H2,1H3,(H,13,16)(H,14,15). The van der Waals surface area contributed by atoms with Crippen molar-refractivity contribution in [3.05, 3.63) is 30.0 Å². The lowest BCUT2D eigenvalue weighted by atomic mass is 10.2. The molecule has 4 nitrogen and oxygen atoms in total. The molecule has 80 valence electrons. The number of carbonyl (C=O) groups is 1. The molecule has 2 rings (SSSR count). The second-order valence-electron chi connectivity index (χ2n) is 3.33. The lowest BCUT2D eigenvalue weighted by molar-refractivity contribution is -0.118. The summed E-state index contributed by atoms with van der Waals surface area (Å²) in [5, 5.41) is 10.6. The van der Waals surface area contributed by atoms with Crippen LogP contribution in [0.25, 0.3) is 10.9 Å². The van der Waals surface area contributed by atoms with Gasteiger partial charge in [0.15, 0.2) is 0 Å². The van der Waals surface area contributed by atoms with E-state index in [2.05, 4.69) is 27.4 Å². The smallest absolute Gasteiger partial charge is 0.217 e. The first-order valence-corrected chi connectivity index (χ1v) is 4.94. The van der Waals surface area contributed by atoms with Gasteiger partial charge in [-0.1, -0.05) is 18.1 Å². The summed E-state index contributed by atoms with van der Waals surface area (Å²) in [5.74, 6) is 5.72. The van der Waals surface area contributed by atoms with Crippen molar-refractivity contribution in [2.45, 2.75) is 6.92 Å². The van der Waals surface area contributed by atoms with E-state index in [9.17, 15) is 4.79 Å². The van der Waals surface area contributed by atoms with Crippen LogP contribution >= 0.6 is 0 Å². The van der Waals surface area contributed by atoms with Crippen LogP contribution in [0.2, 0.25) is 0 Å². The molecule has 4 heteroatoms. The van der Waals surface area contributed by atoms with E-state index < -0.39 is 0 Å². The molecule has 0 aliphatic heterocycles. The molecule has 1 heterocycles. The highest BCUT2D eigenvalue weighted by Gasteiger charge is 1.99. The molecule has 16 heavy (non-hydrogen) atoms. The van der Waals surface area contributed by atoms with Gasteiger partial charge < -0.3 is 5.32 Å². The van der Waals surface area contributed by atoms with E-state index in [-0.39, 0.29) is 5.91 Å². The lowest BCUT2D eigenvalue weighted by Gasteiger charge is -1.90. The summed E-state index contributed by atoms with van der Waals surface area (Å²) in [7, 11) is 0. The van der Waals surface area contributed by atoms with Crippen LogP contribution in [0.15, 0.2) is 24.3 Å². The zero-order valence-corrected chi connectivity index (χ0v) is 8.87. The van der Waals surface area contributed by atoms with Crippen LogP contribution in [0.5, 0.6) is 0 Å². The highest BCUT2D eigenvalue weighted by molar-refractivity contribution is 5.83. The molecule has 2 aromatic rings. The first kappa shape index (κ1) is 10.2. The fourth-order valence-electron chi connectivity index (χ4n) is 1.36. The fourth-order valence-corrected chi connectivity index (χ4v) is 1.36. The summed E-state index contributed by atoms with van der Waals surface area (Å²) in [6.07, 6.45) is 0. The Bertz CT molecular complexity index is 574. The third-order valence-corrected chi connectivity index (χ3v) is 2.10. The van der Waals surface area contributed by atoms with Gasteiger partial charge in [-0.25, -0.2) is 0 Å². The van der Waals surface area contributed by atoms with Crippen LogP contribution in [0.1, 0.15) is 12.6 Å². The maximum atomic E-state index is 10.6. The Hall–Kier alpha value is -2.28. The van der Waals surface area contributed by atoms with Crippen molar-refractivity contribution in [1.29, 1.82) is 0 Å². The molecule has 0 aliphatic rings. The Labute approximate surface area is 93.0 Å². The van der Waals surface area contributed by atoms with Gasteiger partial charge in [0, 0.05) is 12.3 Å². The van der Waals surface area contributed by atoms with Gasteiger partial charge in [0.2, 0.25) is 5.91 Å². The average molecular weight is 213 g/mol. The SMILES string of the molecule is CC(=O)NCC#Cc1[nH]nc2ccccc12. The summed E-state index contributed by atoms with van der Waals surface area (Å²) in [4.78, 5) is 10.6. The minimum atomic E-state index is -0.0798. The minimum absolute atomic E-state index is 0.0798. The van der Waals surface area contributed by atoms with Crippen molar-refractivity contribution in [1.82, 2.24) is 15.5 Å². The van der Waals surface area contributed by atoms with E-state index >= 15 is 0 Å². The van der Waals surface area contributed by atoms with E-state index in [1.54, 1.807) is 0 Å². The number of hydrogen-bond acceptors (Lipinski definition) is 2. The van der Waals surface area contributed by atoms with Crippen LogP contribution in [0.3, 0.4) is 0 Å². The predicted octanol–water partition coefficient (Wildman–Crippen LogP) is 1.05. The van der Waals surface area contributed by atoms with Gasteiger partial charge in [0.05, 0.1) is 12.1 Å². The summed E-state index contributed by atoms with van der Waals surface area (Å²) in [6.45, 7) is 1.82. The molecular formula is C12H11N3O. The molecule has 0 unspecified atom stereocenters. The lowest BCUT2D eigenvalue weighted by Crippen LogP contribution is -2.19. The van der Waals surface area contributed by atoms with Gasteiger partial charge in [0.1, 0.15) is 5.69 Å². The van der Waals surface area contributed by atoms with Gasteiger partial charge in [-0.15, -0.1) is 0 Å². The Morgan fingerprint density at radius 1 is 1.50 bits per heavy atom. The second kappa shape index (κ2) is 4.49. The molecule has 0 atom stereocenters. The van der Waals surface area contributed by atoms with Gasteiger partial charge >= 0.3 is 0 Å². The Morgan fingerprint density at radius 3 is 3.12 bits per heavy atom. The maximum Gasteiger partial charge on any atom is 0.217 e. The number of nitrogens with one attached hydrogen (secondary N) is 2.